The second-order valence-corrected chi connectivity index (χ2v) is 5.08. The number of pyridine rings is 1. The summed E-state index contributed by atoms with van der Waals surface area (Å²) in [5.41, 5.74) is 0.418. The van der Waals surface area contributed by atoms with Crippen molar-refractivity contribution in [3.05, 3.63) is 30.6 Å². The molecule has 2 aromatic rings. The lowest BCUT2D eigenvalue weighted by Crippen LogP contribution is -2.21. The summed E-state index contributed by atoms with van der Waals surface area (Å²) in [7, 11) is 0. The lowest BCUT2D eigenvalue weighted by Gasteiger charge is -2.15. The number of aliphatic hydroxyl groups is 1. The van der Waals surface area contributed by atoms with Gasteiger partial charge in [-0.3, -0.25) is 4.40 Å². The van der Waals surface area contributed by atoms with Gasteiger partial charge >= 0.3 is 0 Å². The Balaban J connectivity index is 2.22. The summed E-state index contributed by atoms with van der Waals surface area (Å²) in [6.45, 7) is 3.60. The van der Waals surface area contributed by atoms with E-state index in [4.69, 9.17) is 0 Å². The predicted molar refractivity (Wildman–Crippen MR) is 62.2 cm³/mol. The molecular formula is C11H14N2OS. The fraction of sp³-hybridized carbons (Fsp3) is 0.364. The molecule has 0 atom stereocenters. The van der Waals surface area contributed by atoms with Crippen molar-refractivity contribution >= 4 is 17.3 Å². The number of rotatable bonds is 3. The summed E-state index contributed by atoms with van der Waals surface area (Å²) in [4.78, 5) is 4.31. The Morgan fingerprint density at radius 1 is 1.47 bits per heavy atom. The van der Waals surface area contributed by atoms with E-state index in [-0.39, 0.29) is 0 Å². The lowest BCUT2D eigenvalue weighted by atomic mass is 10.2. The smallest absolute Gasteiger partial charge is 0.172 e. The summed E-state index contributed by atoms with van der Waals surface area (Å²) in [5, 5.41) is 10.6. The lowest BCUT2D eigenvalue weighted by molar-refractivity contribution is 0.107. The summed E-state index contributed by atoms with van der Waals surface area (Å²) < 4.78 is 2.02. The highest BCUT2D eigenvalue weighted by molar-refractivity contribution is 7.99. The van der Waals surface area contributed by atoms with Crippen LogP contribution in [0.2, 0.25) is 0 Å². The van der Waals surface area contributed by atoms with Gasteiger partial charge in [-0.2, -0.15) is 0 Å². The van der Waals surface area contributed by atoms with E-state index < -0.39 is 5.60 Å². The molecule has 2 aromatic heterocycles. The molecule has 0 spiro atoms. The Bertz CT molecular complexity index is 459. The number of thioether (sulfide) groups is 1. The molecule has 0 unspecified atom stereocenters. The average Bonchev–Trinajstić information content (AvgIpc) is 2.57. The van der Waals surface area contributed by atoms with Crippen LogP contribution in [-0.2, 0) is 0 Å². The van der Waals surface area contributed by atoms with E-state index in [0.29, 0.717) is 5.75 Å². The van der Waals surface area contributed by atoms with Gasteiger partial charge in [0.05, 0.1) is 17.3 Å². The standard InChI is InChI=1S/C11H14N2OS/c1-11(2,14)8-15-10-12-7-9-5-3-4-6-13(9)10/h3-7,14H,8H2,1-2H3. The molecule has 1 N–H and O–H groups in total. The molecule has 80 valence electrons. The van der Waals surface area contributed by atoms with E-state index in [2.05, 4.69) is 4.98 Å². The zero-order valence-corrected chi connectivity index (χ0v) is 9.66. The van der Waals surface area contributed by atoms with Crippen LogP contribution in [-0.4, -0.2) is 25.8 Å². The van der Waals surface area contributed by atoms with Crippen LogP contribution in [0.3, 0.4) is 0 Å². The van der Waals surface area contributed by atoms with Crippen molar-refractivity contribution in [2.24, 2.45) is 0 Å². The summed E-state index contributed by atoms with van der Waals surface area (Å²) in [6.07, 6.45) is 3.82. The molecule has 0 aliphatic carbocycles. The fourth-order valence-corrected chi connectivity index (χ4v) is 2.18. The number of hydrogen-bond acceptors (Lipinski definition) is 3. The van der Waals surface area contributed by atoms with Crippen LogP contribution in [0.1, 0.15) is 13.8 Å². The Morgan fingerprint density at radius 2 is 2.27 bits per heavy atom. The third-order valence-electron chi connectivity index (χ3n) is 1.96. The molecule has 0 aromatic carbocycles. The van der Waals surface area contributed by atoms with E-state index in [0.717, 1.165) is 10.7 Å². The van der Waals surface area contributed by atoms with Gasteiger partial charge in [0.2, 0.25) is 0 Å². The maximum Gasteiger partial charge on any atom is 0.172 e. The Hall–Kier alpha value is -1.00. The van der Waals surface area contributed by atoms with Gasteiger partial charge in [0.25, 0.3) is 0 Å². The predicted octanol–water partition coefficient (Wildman–Crippen LogP) is 2.20. The van der Waals surface area contributed by atoms with Crippen LogP contribution >= 0.6 is 11.8 Å². The van der Waals surface area contributed by atoms with Gasteiger partial charge in [-0.25, -0.2) is 4.98 Å². The number of imidazole rings is 1. The highest BCUT2D eigenvalue weighted by Gasteiger charge is 2.14. The number of hydrogen-bond donors (Lipinski definition) is 1. The van der Waals surface area contributed by atoms with E-state index in [9.17, 15) is 5.11 Å². The van der Waals surface area contributed by atoms with Crippen molar-refractivity contribution in [1.29, 1.82) is 0 Å². The molecule has 0 bridgehead atoms. The molecule has 0 aliphatic rings. The van der Waals surface area contributed by atoms with Crippen molar-refractivity contribution in [1.82, 2.24) is 9.38 Å². The number of fused-ring (bicyclic) bond motifs is 1. The Labute approximate surface area is 93.1 Å². The van der Waals surface area contributed by atoms with Crippen LogP contribution in [0.4, 0.5) is 0 Å². The van der Waals surface area contributed by atoms with Crippen LogP contribution in [0.5, 0.6) is 0 Å². The average molecular weight is 222 g/mol. The summed E-state index contributed by atoms with van der Waals surface area (Å²) >= 11 is 1.57. The largest absolute Gasteiger partial charge is 0.390 e. The van der Waals surface area contributed by atoms with Crippen molar-refractivity contribution in [2.75, 3.05) is 5.75 Å². The van der Waals surface area contributed by atoms with Gasteiger partial charge in [0, 0.05) is 11.9 Å². The van der Waals surface area contributed by atoms with E-state index >= 15 is 0 Å². The highest BCUT2D eigenvalue weighted by atomic mass is 32.2. The van der Waals surface area contributed by atoms with Gasteiger partial charge in [0.15, 0.2) is 5.16 Å². The van der Waals surface area contributed by atoms with E-state index in [1.807, 2.05) is 35.0 Å². The molecular weight excluding hydrogens is 208 g/mol. The molecule has 0 fully saturated rings. The monoisotopic (exact) mass is 222 g/mol. The molecule has 0 amide bonds. The minimum absolute atomic E-state index is 0.640. The second-order valence-electron chi connectivity index (χ2n) is 4.14. The number of aromatic nitrogens is 2. The van der Waals surface area contributed by atoms with Crippen LogP contribution < -0.4 is 0 Å². The third kappa shape index (κ3) is 2.52. The highest BCUT2D eigenvalue weighted by Crippen LogP contribution is 2.22. The third-order valence-corrected chi connectivity index (χ3v) is 3.37. The molecule has 0 saturated heterocycles. The molecule has 3 nitrogen and oxygen atoms in total. The molecule has 4 heteroatoms. The first-order valence-corrected chi connectivity index (χ1v) is 5.82. The van der Waals surface area contributed by atoms with Gasteiger partial charge in [-0.15, -0.1) is 0 Å². The van der Waals surface area contributed by atoms with Gasteiger partial charge < -0.3 is 5.11 Å². The summed E-state index contributed by atoms with van der Waals surface area (Å²) in [6, 6.07) is 5.98. The first-order chi connectivity index (χ1) is 7.06. The van der Waals surface area contributed by atoms with Gasteiger partial charge in [-0.1, -0.05) is 17.8 Å². The van der Waals surface area contributed by atoms with Gasteiger partial charge in [-0.05, 0) is 26.0 Å². The molecule has 0 aliphatic heterocycles. The fourth-order valence-electron chi connectivity index (χ4n) is 1.27. The first-order valence-electron chi connectivity index (χ1n) is 4.83. The first kappa shape index (κ1) is 10.5. The van der Waals surface area contributed by atoms with Crippen molar-refractivity contribution in [3.8, 4) is 0 Å². The van der Waals surface area contributed by atoms with Crippen LogP contribution in [0, 0.1) is 0 Å². The molecule has 0 saturated carbocycles. The minimum atomic E-state index is -0.661. The van der Waals surface area contributed by atoms with Crippen LogP contribution in [0.15, 0.2) is 35.7 Å². The Kier molecular flexibility index (Phi) is 2.71. The maximum atomic E-state index is 9.63. The van der Waals surface area contributed by atoms with Gasteiger partial charge in [0.1, 0.15) is 0 Å². The summed E-state index contributed by atoms with van der Waals surface area (Å²) in [5.74, 6) is 0.640. The topological polar surface area (TPSA) is 37.5 Å². The molecule has 2 rings (SSSR count). The maximum absolute atomic E-state index is 9.63. The number of nitrogens with zero attached hydrogens (tertiary/aromatic N) is 2. The molecule has 15 heavy (non-hydrogen) atoms. The molecule has 2 heterocycles. The second kappa shape index (κ2) is 3.87. The quantitative estimate of drug-likeness (QED) is 0.809. The van der Waals surface area contributed by atoms with E-state index in [1.165, 1.54) is 0 Å². The zero-order valence-electron chi connectivity index (χ0n) is 8.84. The minimum Gasteiger partial charge on any atom is -0.390 e. The van der Waals surface area contributed by atoms with E-state index in [1.54, 1.807) is 25.6 Å². The SMILES string of the molecule is CC(C)(O)CSc1ncc2ccccn12. The van der Waals surface area contributed by atoms with Crippen molar-refractivity contribution in [3.63, 3.8) is 0 Å². The van der Waals surface area contributed by atoms with Crippen molar-refractivity contribution < 1.29 is 5.11 Å². The van der Waals surface area contributed by atoms with Crippen LogP contribution in [0.25, 0.3) is 5.52 Å². The zero-order chi connectivity index (χ0) is 10.9. The normalized spacial score (nSPS) is 12.2. The molecule has 0 radical (unpaired) electrons. The van der Waals surface area contributed by atoms with Crippen molar-refractivity contribution in [2.45, 2.75) is 24.6 Å². The Morgan fingerprint density at radius 3 is 3.00 bits per heavy atom.